The lowest BCUT2D eigenvalue weighted by Crippen LogP contribution is -2.31. The Morgan fingerprint density at radius 1 is 1.33 bits per heavy atom. The first-order valence-corrected chi connectivity index (χ1v) is 7.80. The van der Waals surface area contributed by atoms with Crippen LogP contribution in [0.15, 0.2) is 35.5 Å². The van der Waals surface area contributed by atoms with Crippen LogP contribution >= 0.6 is 0 Å². The number of fused-ring (bicyclic) bond motifs is 1. The van der Waals surface area contributed by atoms with E-state index in [4.69, 9.17) is 0 Å². The van der Waals surface area contributed by atoms with Crippen LogP contribution in [0.5, 0.6) is 0 Å². The summed E-state index contributed by atoms with van der Waals surface area (Å²) < 4.78 is 1.41. The number of H-pyrrole nitrogens is 1. The molecule has 0 saturated carbocycles. The van der Waals surface area contributed by atoms with Gasteiger partial charge in [0.2, 0.25) is 0 Å². The maximum atomic E-state index is 12.7. The lowest BCUT2D eigenvalue weighted by atomic mass is 10.1. The van der Waals surface area contributed by atoms with Crippen LogP contribution in [-0.2, 0) is 0 Å². The first-order valence-electron chi connectivity index (χ1n) is 7.80. The summed E-state index contributed by atoms with van der Waals surface area (Å²) in [6, 6.07) is 3.19. The zero-order chi connectivity index (χ0) is 16.7. The van der Waals surface area contributed by atoms with Crippen LogP contribution < -0.4 is 5.56 Å². The van der Waals surface area contributed by atoms with Crippen LogP contribution in [0.3, 0.4) is 0 Å². The number of aromatic amines is 1. The Balaban J connectivity index is 1.72. The molecule has 0 aromatic carbocycles. The fourth-order valence-corrected chi connectivity index (χ4v) is 3.19. The van der Waals surface area contributed by atoms with E-state index in [0.29, 0.717) is 23.6 Å². The van der Waals surface area contributed by atoms with E-state index >= 15 is 0 Å². The second-order valence-corrected chi connectivity index (χ2v) is 5.89. The summed E-state index contributed by atoms with van der Waals surface area (Å²) >= 11 is 0. The Labute approximate surface area is 137 Å². The number of nitrogens with zero attached hydrogens (tertiary/aromatic N) is 5. The summed E-state index contributed by atoms with van der Waals surface area (Å²) in [5.41, 5.74) is 2.21. The van der Waals surface area contributed by atoms with Gasteiger partial charge in [-0.2, -0.15) is 0 Å². The largest absolute Gasteiger partial charge is 0.329 e. The second kappa shape index (κ2) is 5.55. The van der Waals surface area contributed by atoms with E-state index in [1.807, 2.05) is 6.07 Å². The van der Waals surface area contributed by atoms with E-state index in [1.54, 1.807) is 11.8 Å². The standard InChI is InChI=1S/C16H16N6O2/c1-10-7-15(23)22-14(19-10)8-11(20-22)13-3-2-6-21(13)16(24)12-9-17-4-5-18-12/h4-5,7-9,13,20H,2-3,6H2,1H3/t13-/m1/s1. The third kappa shape index (κ3) is 2.36. The lowest BCUT2D eigenvalue weighted by molar-refractivity contribution is 0.0726. The summed E-state index contributed by atoms with van der Waals surface area (Å²) in [5.74, 6) is -0.152. The molecule has 8 heteroatoms. The highest BCUT2D eigenvalue weighted by molar-refractivity contribution is 5.92. The highest BCUT2D eigenvalue weighted by atomic mass is 16.2. The Hall–Kier alpha value is -3.03. The van der Waals surface area contributed by atoms with Crippen LogP contribution in [0.25, 0.3) is 5.65 Å². The number of aryl methyl sites for hydroxylation is 1. The molecule has 1 aliphatic rings. The molecular formula is C16H16N6O2. The lowest BCUT2D eigenvalue weighted by Gasteiger charge is -2.23. The molecule has 122 valence electrons. The Morgan fingerprint density at radius 3 is 3.00 bits per heavy atom. The highest BCUT2D eigenvalue weighted by Gasteiger charge is 2.32. The van der Waals surface area contributed by atoms with E-state index in [2.05, 4.69) is 20.1 Å². The van der Waals surface area contributed by atoms with Gasteiger partial charge >= 0.3 is 0 Å². The van der Waals surface area contributed by atoms with Gasteiger partial charge in [0.15, 0.2) is 5.65 Å². The number of carbonyl (C=O) groups is 1. The number of likely N-dealkylation sites (tertiary alicyclic amines) is 1. The molecule has 1 amide bonds. The molecule has 0 radical (unpaired) electrons. The Bertz CT molecular complexity index is 962. The first kappa shape index (κ1) is 14.6. The molecule has 4 rings (SSSR count). The molecule has 0 bridgehead atoms. The number of carbonyl (C=O) groups excluding carboxylic acids is 1. The smallest absolute Gasteiger partial charge is 0.274 e. The van der Waals surface area contributed by atoms with Gasteiger partial charge in [0.05, 0.1) is 17.9 Å². The van der Waals surface area contributed by atoms with Crippen molar-refractivity contribution in [3.63, 3.8) is 0 Å². The van der Waals surface area contributed by atoms with Gasteiger partial charge in [-0.15, -0.1) is 0 Å². The average molecular weight is 324 g/mol. The van der Waals surface area contributed by atoms with Crippen molar-refractivity contribution in [2.45, 2.75) is 25.8 Å². The number of hydrogen-bond donors (Lipinski definition) is 1. The minimum atomic E-state index is -0.159. The molecule has 3 aromatic heterocycles. The summed E-state index contributed by atoms with van der Waals surface area (Å²) in [6.45, 7) is 2.43. The zero-order valence-corrected chi connectivity index (χ0v) is 13.1. The average Bonchev–Trinajstić information content (AvgIpc) is 3.21. The topological polar surface area (TPSA) is 96.2 Å². The molecule has 1 fully saturated rings. The molecule has 1 atom stereocenters. The van der Waals surface area contributed by atoms with Gasteiger partial charge in [0.25, 0.3) is 11.5 Å². The van der Waals surface area contributed by atoms with Gasteiger partial charge in [-0.3, -0.25) is 19.7 Å². The predicted molar refractivity (Wildman–Crippen MR) is 85.6 cm³/mol. The zero-order valence-electron chi connectivity index (χ0n) is 13.1. The molecule has 3 aromatic rings. The molecular weight excluding hydrogens is 308 g/mol. The van der Waals surface area contributed by atoms with Crippen LogP contribution in [0.1, 0.15) is 40.8 Å². The van der Waals surface area contributed by atoms with E-state index in [0.717, 1.165) is 18.5 Å². The van der Waals surface area contributed by atoms with Crippen LogP contribution in [-0.4, -0.2) is 41.9 Å². The van der Waals surface area contributed by atoms with Gasteiger partial charge < -0.3 is 4.90 Å². The van der Waals surface area contributed by atoms with Crippen molar-refractivity contribution in [2.24, 2.45) is 0 Å². The Kier molecular flexibility index (Phi) is 3.37. The number of amides is 1. The number of nitrogens with one attached hydrogen (secondary N) is 1. The van der Waals surface area contributed by atoms with Gasteiger partial charge in [-0.1, -0.05) is 0 Å². The van der Waals surface area contributed by atoms with E-state index in [9.17, 15) is 9.59 Å². The molecule has 1 N–H and O–H groups in total. The minimum Gasteiger partial charge on any atom is -0.329 e. The van der Waals surface area contributed by atoms with Crippen molar-refractivity contribution in [3.8, 4) is 0 Å². The SMILES string of the molecule is Cc1cc(=O)n2[nH]c([C@H]3CCCN3C(=O)c3cnccn3)cc2n1. The summed E-state index contributed by atoms with van der Waals surface area (Å²) in [4.78, 5) is 38.9. The first-order chi connectivity index (χ1) is 11.6. The molecule has 8 nitrogen and oxygen atoms in total. The molecule has 0 unspecified atom stereocenters. The summed E-state index contributed by atoms with van der Waals surface area (Å²) in [7, 11) is 0. The van der Waals surface area contributed by atoms with Gasteiger partial charge in [0, 0.05) is 36.8 Å². The summed E-state index contributed by atoms with van der Waals surface area (Å²) in [6.07, 6.45) is 6.24. The third-order valence-corrected chi connectivity index (χ3v) is 4.25. The van der Waals surface area contributed by atoms with Crippen molar-refractivity contribution >= 4 is 11.6 Å². The molecule has 0 aliphatic carbocycles. The second-order valence-electron chi connectivity index (χ2n) is 5.89. The molecule has 1 aliphatic heterocycles. The van der Waals surface area contributed by atoms with E-state index in [1.165, 1.54) is 29.2 Å². The van der Waals surface area contributed by atoms with Crippen molar-refractivity contribution in [3.05, 3.63) is 58.2 Å². The van der Waals surface area contributed by atoms with Crippen LogP contribution in [0, 0.1) is 6.92 Å². The van der Waals surface area contributed by atoms with Crippen molar-refractivity contribution in [1.29, 1.82) is 0 Å². The van der Waals surface area contributed by atoms with Gasteiger partial charge in [-0.25, -0.2) is 14.5 Å². The maximum Gasteiger partial charge on any atom is 0.274 e. The normalized spacial score (nSPS) is 17.5. The highest BCUT2D eigenvalue weighted by Crippen LogP contribution is 2.32. The van der Waals surface area contributed by atoms with Crippen molar-refractivity contribution in [2.75, 3.05) is 6.54 Å². The van der Waals surface area contributed by atoms with Crippen molar-refractivity contribution < 1.29 is 4.79 Å². The van der Waals surface area contributed by atoms with E-state index in [-0.39, 0.29) is 17.5 Å². The number of aromatic nitrogens is 5. The molecule has 4 heterocycles. The fourth-order valence-electron chi connectivity index (χ4n) is 3.19. The van der Waals surface area contributed by atoms with Crippen molar-refractivity contribution in [1.82, 2.24) is 29.5 Å². The molecule has 24 heavy (non-hydrogen) atoms. The number of hydrogen-bond acceptors (Lipinski definition) is 5. The molecule has 0 spiro atoms. The van der Waals surface area contributed by atoms with Crippen LogP contribution in [0.4, 0.5) is 0 Å². The monoisotopic (exact) mass is 324 g/mol. The molecule has 1 saturated heterocycles. The summed E-state index contributed by atoms with van der Waals surface area (Å²) in [5, 5.41) is 3.08. The Morgan fingerprint density at radius 2 is 2.21 bits per heavy atom. The fraction of sp³-hybridized carbons (Fsp3) is 0.312. The van der Waals surface area contributed by atoms with Crippen LogP contribution in [0.2, 0.25) is 0 Å². The maximum absolute atomic E-state index is 12.7. The predicted octanol–water partition coefficient (Wildman–Crippen LogP) is 1.10. The van der Waals surface area contributed by atoms with Gasteiger partial charge in [0.1, 0.15) is 5.69 Å². The number of rotatable bonds is 2. The van der Waals surface area contributed by atoms with Gasteiger partial charge in [-0.05, 0) is 19.8 Å². The quantitative estimate of drug-likeness (QED) is 0.761. The van der Waals surface area contributed by atoms with E-state index < -0.39 is 0 Å². The third-order valence-electron chi connectivity index (χ3n) is 4.25. The minimum absolute atomic E-state index is 0.124.